The summed E-state index contributed by atoms with van der Waals surface area (Å²) in [7, 11) is 0. The third-order valence-corrected chi connectivity index (χ3v) is 5.82. The Bertz CT molecular complexity index is 1190. The third kappa shape index (κ3) is 3.99. The number of fused-ring (bicyclic) bond motifs is 1. The predicted molar refractivity (Wildman–Crippen MR) is 119 cm³/mol. The molecule has 5 rings (SSSR count). The van der Waals surface area contributed by atoms with Gasteiger partial charge < -0.3 is 15.4 Å². The molecule has 1 fully saturated rings. The molecular weight excluding hydrogens is 406 g/mol. The number of carbonyl (C=O) groups excluding carboxylic acids is 1. The molecule has 1 amide bonds. The number of nitrogen functional groups attached to an aromatic ring is 1. The van der Waals surface area contributed by atoms with Crippen molar-refractivity contribution in [1.29, 1.82) is 0 Å². The van der Waals surface area contributed by atoms with Crippen LogP contribution < -0.4 is 5.73 Å². The molecule has 1 aliphatic heterocycles. The highest BCUT2D eigenvalue weighted by Crippen LogP contribution is 2.34. The van der Waals surface area contributed by atoms with E-state index in [1.165, 1.54) is 0 Å². The van der Waals surface area contributed by atoms with Crippen LogP contribution in [-0.4, -0.2) is 61.8 Å². The van der Waals surface area contributed by atoms with Crippen molar-refractivity contribution in [2.24, 2.45) is 0 Å². The number of nitrogens with two attached hydrogens (primary N) is 1. The van der Waals surface area contributed by atoms with Crippen molar-refractivity contribution in [2.45, 2.75) is 26.3 Å². The van der Waals surface area contributed by atoms with Crippen molar-refractivity contribution < 1.29 is 9.53 Å². The van der Waals surface area contributed by atoms with Gasteiger partial charge in [-0.15, -0.1) is 0 Å². The van der Waals surface area contributed by atoms with E-state index in [0.29, 0.717) is 26.3 Å². The smallest absolute Gasteiger partial charge is 0.244 e. The highest BCUT2D eigenvalue weighted by Gasteiger charge is 2.21. The molecule has 0 unspecified atom stereocenters. The fraction of sp³-hybridized carbons (Fsp3) is 0.348. The van der Waals surface area contributed by atoms with E-state index >= 15 is 0 Å². The van der Waals surface area contributed by atoms with Gasteiger partial charge in [0.25, 0.3) is 0 Å². The average Bonchev–Trinajstić information content (AvgIpc) is 3.45. The molecule has 1 saturated heterocycles. The lowest BCUT2D eigenvalue weighted by Crippen LogP contribution is -2.42. The van der Waals surface area contributed by atoms with Gasteiger partial charge in [0.15, 0.2) is 0 Å². The summed E-state index contributed by atoms with van der Waals surface area (Å²) >= 11 is 0. The molecule has 2 aliphatic rings. The molecule has 0 bridgehead atoms. The monoisotopic (exact) mass is 431 g/mol. The topological polar surface area (TPSA) is 112 Å². The number of carbonyl (C=O) groups is 1. The van der Waals surface area contributed by atoms with Gasteiger partial charge in [0.1, 0.15) is 6.54 Å². The summed E-state index contributed by atoms with van der Waals surface area (Å²) in [6.07, 6.45) is 9.19. The minimum absolute atomic E-state index is 0.0494. The lowest BCUT2D eigenvalue weighted by atomic mass is 10.0. The van der Waals surface area contributed by atoms with Crippen LogP contribution in [-0.2, 0) is 28.9 Å². The largest absolute Gasteiger partial charge is 0.378 e. The number of ether oxygens (including phenoxy) is 1. The molecule has 0 radical (unpaired) electrons. The van der Waals surface area contributed by atoms with Crippen molar-refractivity contribution >= 4 is 17.4 Å². The summed E-state index contributed by atoms with van der Waals surface area (Å²) in [5, 5.41) is 4.39. The van der Waals surface area contributed by atoms with Crippen LogP contribution in [0.25, 0.3) is 16.7 Å². The van der Waals surface area contributed by atoms with E-state index in [-0.39, 0.29) is 18.4 Å². The molecule has 32 heavy (non-hydrogen) atoms. The summed E-state index contributed by atoms with van der Waals surface area (Å²) in [5.41, 5.74) is 12.6. The summed E-state index contributed by atoms with van der Waals surface area (Å²) < 4.78 is 6.99. The number of hydrogen-bond acceptors (Lipinski definition) is 7. The van der Waals surface area contributed by atoms with Crippen molar-refractivity contribution in [2.75, 3.05) is 32.0 Å². The molecular formula is C23H25N7O2. The van der Waals surface area contributed by atoms with Crippen LogP contribution in [0.3, 0.4) is 0 Å². The van der Waals surface area contributed by atoms with Crippen molar-refractivity contribution in [3.63, 3.8) is 0 Å². The van der Waals surface area contributed by atoms with E-state index < -0.39 is 0 Å². The molecule has 2 N–H and O–H groups in total. The quantitative estimate of drug-likeness (QED) is 0.655. The highest BCUT2D eigenvalue weighted by atomic mass is 16.5. The molecule has 4 heterocycles. The van der Waals surface area contributed by atoms with Gasteiger partial charge in [0.05, 0.1) is 30.8 Å². The molecule has 1 aliphatic carbocycles. The first-order valence-electron chi connectivity index (χ1n) is 10.8. The minimum atomic E-state index is 0.0494. The Labute approximate surface area is 185 Å². The zero-order chi connectivity index (χ0) is 22.1. The molecule has 3 aromatic rings. The number of nitrogens with zero attached hydrogens (tertiary/aromatic N) is 6. The van der Waals surface area contributed by atoms with E-state index in [1.54, 1.807) is 10.9 Å². The molecule has 9 heteroatoms. The highest BCUT2D eigenvalue weighted by molar-refractivity contribution is 5.84. The Balaban J connectivity index is 1.38. The summed E-state index contributed by atoms with van der Waals surface area (Å²) in [6.45, 7) is 4.69. The van der Waals surface area contributed by atoms with Gasteiger partial charge in [-0.25, -0.2) is 9.97 Å². The first kappa shape index (κ1) is 20.3. The second kappa shape index (κ2) is 8.51. The molecule has 0 spiro atoms. The van der Waals surface area contributed by atoms with E-state index in [4.69, 9.17) is 10.5 Å². The van der Waals surface area contributed by atoms with Crippen molar-refractivity contribution in [3.05, 3.63) is 59.4 Å². The third-order valence-electron chi connectivity index (χ3n) is 5.82. The standard InChI is InChI=1S/C23H25N7O2/c1-2-17-10-21(28-23(24)27-17)18-3-4-20-19(18)9-15(11-25-20)16-12-26-30(13-16)14-22(31)29-5-7-32-8-6-29/h3,9-13H,2,4-8,14H2,1H3,(H2,24,27,28). The van der Waals surface area contributed by atoms with Gasteiger partial charge in [0.2, 0.25) is 11.9 Å². The van der Waals surface area contributed by atoms with Crippen LogP contribution >= 0.6 is 0 Å². The number of pyridine rings is 1. The Morgan fingerprint density at radius 2 is 2.00 bits per heavy atom. The number of anilines is 1. The van der Waals surface area contributed by atoms with Crippen LogP contribution in [0.5, 0.6) is 0 Å². The normalized spacial score (nSPS) is 15.5. The van der Waals surface area contributed by atoms with Crippen LogP contribution in [0.1, 0.15) is 29.6 Å². The van der Waals surface area contributed by atoms with E-state index in [2.05, 4.69) is 32.2 Å². The summed E-state index contributed by atoms with van der Waals surface area (Å²) in [4.78, 5) is 27.7. The van der Waals surface area contributed by atoms with E-state index in [0.717, 1.165) is 52.2 Å². The summed E-state index contributed by atoms with van der Waals surface area (Å²) in [5.74, 6) is 0.331. The second-order valence-electron chi connectivity index (χ2n) is 7.92. The Hall–Kier alpha value is -3.59. The SMILES string of the molecule is CCc1cc(C2=CCc3ncc(-c4cnn(CC(=O)N5CCOCC5)c4)cc32)nc(N)n1. The van der Waals surface area contributed by atoms with Crippen LogP contribution in [0.15, 0.2) is 36.8 Å². The van der Waals surface area contributed by atoms with Gasteiger partial charge in [-0.1, -0.05) is 13.0 Å². The number of aryl methyl sites for hydroxylation is 1. The van der Waals surface area contributed by atoms with Crippen LogP contribution in [0.2, 0.25) is 0 Å². The number of amides is 1. The summed E-state index contributed by atoms with van der Waals surface area (Å²) in [6, 6.07) is 4.09. The van der Waals surface area contributed by atoms with E-state index in [1.807, 2.05) is 30.3 Å². The Morgan fingerprint density at radius 1 is 1.16 bits per heavy atom. The predicted octanol–water partition coefficient (Wildman–Crippen LogP) is 1.73. The fourth-order valence-corrected chi connectivity index (χ4v) is 4.09. The lowest BCUT2D eigenvalue weighted by Gasteiger charge is -2.26. The number of allylic oxidation sites excluding steroid dienone is 1. The van der Waals surface area contributed by atoms with Gasteiger partial charge in [-0.3, -0.25) is 14.5 Å². The fourth-order valence-electron chi connectivity index (χ4n) is 4.09. The zero-order valence-electron chi connectivity index (χ0n) is 18.0. The number of aromatic nitrogens is 5. The molecule has 164 valence electrons. The van der Waals surface area contributed by atoms with E-state index in [9.17, 15) is 4.79 Å². The van der Waals surface area contributed by atoms with Gasteiger partial charge in [-0.2, -0.15) is 5.10 Å². The maximum absolute atomic E-state index is 12.5. The molecule has 0 saturated carbocycles. The van der Waals surface area contributed by atoms with Gasteiger partial charge >= 0.3 is 0 Å². The zero-order valence-corrected chi connectivity index (χ0v) is 18.0. The molecule has 3 aromatic heterocycles. The Kier molecular flexibility index (Phi) is 5.40. The molecule has 9 nitrogen and oxygen atoms in total. The van der Waals surface area contributed by atoms with Crippen molar-refractivity contribution in [1.82, 2.24) is 29.6 Å². The van der Waals surface area contributed by atoms with Crippen molar-refractivity contribution in [3.8, 4) is 11.1 Å². The number of hydrogen-bond donors (Lipinski definition) is 1. The molecule has 0 atom stereocenters. The lowest BCUT2D eigenvalue weighted by molar-refractivity contribution is -0.136. The average molecular weight is 432 g/mol. The van der Waals surface area contributed by atoms with Crippen LogP contribution in [0.4, 0.5) is 5.95 Å². The maximum Gasteiger partial charge on any atom is 0.244 e. The first-order chi connectivity index (χ1) is 15.6. The number of morpholine rings is 1. The van der Waals surface area contributed by atoms with Gasteiger partial charge in [0, 0.05) is 59.9 Å². The maximum atomic E-state index is 12.5. The number of rotatable bonds is 5. The second-order valence-corrected chi connectivity index (χ2v) is 7.92. The minimum Gasteiger partial charge on any atom is -0.378 e. The van der Waals surface area contributed by atoms with Crippen LogP contribution in [0, 0.1) is 0 Å². The first-order valence-corrected chi connectivity index (χ1v) is 10.8. The Morgan fingerprint density at radius 3 is 2.81 bits per heavy atom. The van der Waals surface area contributed by atoms with Gasteiger partial charge in [-0.05, 0) is 18.6 Å². The molecule has 0 aromatic carbocycles.